The van der Waals surface area contributed by atoms with Gasteiger partial charge in [0.2, 0.25) is 0 Å². The number of carboxylic acids is 1. The Morgan fingerprint density at radius 3 is 2.29 bits per heavy atom. The SMILES string of the molecule is CC(C)(C)C1(C(=O)O)CCN(N=O)C1. The Labute approximate surface area is 83.0 Å². The molecule has 0 spiro atoms. The number of aliphatic carboxylic acids is 1. The molecule has 1 aliphatic rings. The van der Waals surface area contributed by atoms with E-state index in [2.05, 4.69) is 5.29 Å². The molecule has 0 aliphatic carbocycles. The second kappa shape index (κ2) is 3.22. The van der Waals surface area contributed by atoms with Gasteiger partial charge in [0, 0.05) is 6.54 Å². The summed E-state index contributed by atoms with van der Waals surface area (Å²) < 4.78 is 0. The highest BCUT2D eigenvalue weighted by molar-refractivity contribution is 5.76. The molecule has 80 valence electrons. The van der Waals surface area contributed by atoms with Crippen molar-refractivity contribution in [3.63, 3.8) is 0 Å². The number of carboxylic acid groups (broad SMARTS) is 1. The molecule has 0 aromatic heterocycles. The minimum Gasteiger partial charge on any atom is -0.481 e. The van der Waals surface area contributed by atoms with Gasteiger partial charge >= 0.3 is 5.97 Å². The number of rotatable bonds is 2. The maximum Gasteiger partial charge on any atom is 0.312 e. The van der Waals surface area contributed by atoms with Crippen LogP contribution in [0.3, 0.4) is 0 Å². The first kappa shape index (κ1) is 10.9. The summed E-state index contributed by atoms with van der Waals surface area (Å²) >= 11 is 0. The Morgan fingerprint density at radius 1 is 1.50 bits per heavy atom. The number of carbonyl (C=O) groups is 1. The van der Waals surface area contributed by atoms with Crippen LogP contribution in [-0.4, -0.2) is 29.2 Å². The van der Waals surface area contributed by atoms with Gasteiger partial charge in [-0.3, -0.25) is 9.80 Å². The zero-order valence-corrected chi connectivity index (χ0v) is 8.78. The minimum atomic E-state index is -0.846. The van der Waals surface area contributed by atoms with Crippen molar-refractivity contribution in [1.82, 2.24) is 5.01 Å². The molecule has 0 bridgehead atoms. The lowest BCUT2D eigenvalue weighted by atomic mass is 9.66. The first-order valence-electron chi connectivity index (χ1n) is 4.65. The highest BCUT2D eigenvalue weighted by Crippen LogP contribution is 2.46. The topological polar surface area (TPSA) is 70.0 Å². The van der Waals surface area contributed by atoms with Crippen molar-refractivity contribution in [1.29, 1.82) is 0 Å². The van der Waals surface area contributed by atoms with E-state index in [4.69, 9.17) is 0 Å². The third-order valence-corrected chi connectivity index (χ3v) is 3.21. The Hall–Kier alpha value is -1.13. The molecular weight excluding hydrogens is 184 g/mol. The highest BCUT2D eigenvalue weighted by Gasteiger charge is 2.53. The van der Waals surface area contributed by atoms with Crippen molar-refractivity contribution in [2.75, 3.05) is 13.1 Å². The second-order valence-corrected chi connectivity index (χ2v) is 4.86. The lowest BCUT2D eigenvalue weighted by Gasteiger charge is -2.37. The molecule has 1 unspecified atom stereocenters. The van der Waals surface area contributed by atoms with E-state index in [1.54, 1.807) is 0 Å². The summed E-state index contributed by atoms with van der Waals surface area (Å²) in [4.78, 5) is 21.6. The van der Waals surface area contributed by atoms with Gasteiger partial charge in [0.05, 0.1) is 17.2 Å². The van der Waals surface area contributed by atoms with Crippen LogP contribution in [0.5, 0.6) is 0 Å². The summed E-state index contributed by atoms with van der Waals surface area (Å²) in [6.07, 6.45) is 0.484. The first-order chi connectivity index (χ1) is 6.33. The summed E-state index contributed by atoms with van der Waals surface area (Å²) in [5, 5.41) is 13.3. The Balaban J connectivity index is 2.98. The molecular formula is C9H16N2O3. The smallest absolute Gasteiger partial charge is 0.312 e. The van der Waals surface area contributed by atoms with Crippen molar-refractivity contribution in [3.05, 3.63) is 4.91 Å². The number of hydrogen-bond acceptors (Lipinski definition) is 3. The summed E-state index contributed by atoms with van der Waals surface area (Å²) in [6, 6.07) is 0. The molecule has 5 heteroatoms. The zero-order chi connectivity index (χ0) is 11.0. The average Bonchev–Trinajstić information content (AvgIpc) is 2.47. The quantitative estimate of drug-likeness (QED) is 0.685. The maximum absolute atomic E-state index is 11.3. The summed E-state index contributed by atoms with van der Waals surface area (Å²) in [5.74, 6) is -0.837. The zero-order valence-electron chi connectivity index (χ0n) is 8.78. The van der Waals surface area contributed by atoms with Crippen LogP contribution in [0.25, 0.3) is 0 Å². The number of nitroso groups, excluding NO2 is 1. The van der Waals surface area contributed by atoms with Gasteiger partial charge in [0.1, 0.15) is 0 Å². The molecule has 1 aliphatic heterocycles. The van der Waals surface area contributed by atoms with E-state index in [9.17, 15) is 14.8 Å². The lowest BCUT2D eigenvalue weighted by Crippen LogP contribution is -2.44. The van der Waals surface area contributed by atoms with E-state index >= 15 is 0 Å². The van der Waals surface area contributed by atoms with E-state index in [0.29, 0.717) is 13.0 Å². The summed E-state index contributed by atoms with van der Waals surface area (Å²) in [6.45, 7) is 6.31. The van der Waals surface area contributed by atoms with E-state index in [1.807, 2.05) is 20.8 Å². The molecule has 0 radical (unpaired) electrons. The van der Waals surface area contributed by atoms with Gasteiger partial charge in [-0.2, -0.15) is 0 Å². The summed E-state index contributed by atoms with van der Waals surface area (Å²) in [7, 11) is 0. The molecule has 1 rings (SSSR count). The molecule has 1 atom stereocenters. The average molecular weight is 200 g/mol. The number of nitrogens with zero attached hydrogens (tertiary/aromatic N) is 2. The van der Waals surface area contributed by atoms with E-state index in [0.717, 1.165) is 0 Å². The van der Waals surface area contributed by atoms with Crippen LogP contribution in [0.1, 0.15) is 27.2 Å². The fraction of sp³-hybridized carbons (Fsp3) is 0.889. The van der Waals surface area contributed by atoms with Gasteiger partial charge in [-0.15, -0.1) is 4.91 Å². The van der Waals surface area contributed by atoms with Gasteiger partial charge < -0.3 is 5.11 Å². The minimum absolute atomic E-state index is 0.218. The van der Waals surface area contributed by atoms with Gasteiger partial charge in [-0.05, 0) is 11.8 Å². The monoisotopic (exact) mass is 200 g/mol. The van der Waals surface area contributed by atoms with Crippen LogP contribution in [0.4, 0.5) is 0 Å². The molecule has 1 fully saturated rings. The Kier molecular flexibility index (Phi) is 2.52. The molecule has 5 nitrogen and oxygen atoms in total. The lowest BCUT2D eigenvalue weighted by molar-refractivity contribution is -0.155. The molecule has 0 saturated carbocycles. The van der Waals surface area contributed by atoms with Crippen molar-refractivity contribution >= 4 is 5.97 Å². The third-order valence-electron chi connectivity index (χ3n) is 3.21. The van der Waals surface area contributed by atoms with Crippen LogP contribution >= 0.6 is 0 Å². The molecule has 1 N–H and O–H groups in total. The largest absolute Gasteiger partial charge is 0.481 e. The van der Waals surface area contributed by atoms with Gasteiger partial charge in [-0.25, -0.2) is 0 Å². The molecule has 14 heavy (non-hydrogen) atoms. The van der Waals surface area contributed by atoms with E-state index in [1.165, 1.54) is 5.01 Å². The van der Waals surface area contributed by atoms with Crippen molar-refractivity contribution in [2.45, 2.75) is 27.2 Å². The summed E-state index contributed by atoms with van der Waals surface area (Å²) in [5.41, 5.74) is -1.21. The first-order valence-corrected chi connectivity index (χ1v) is 4.65. The fourth-order valence-electron chi connectivity index (χ4n) is 1.97. The van der Waals surface area contributed by atoms with Crippen LogP contribution < -0.4 is 0 Å². The Bertz CT molecular complexity index is 259. The second-order valence-electron chi connectivity index (χ2n) is 4.86. The Morgan fingerprint density at radius 2 is 2.07 bits per heavy atom. The van der Waals surface area contributed by atoms with Crippen molar-refractivity contribution in [3.8, 4) is 0 Å². The molecule has 1 saturated heterocycles. The highest BCUT2D eigenvalue weighted by atomic mass is 16.4. The van der Waals surface area contributed by atoms with Crippen LogP contribution in [0.15, 0.2) is 5.29 Å². The predicted molar refractivity (Wildman–Crippen MR) is 51.5 cm³/mol. The molecule has 0 aromatic carbocycles. The van der Waals surface area contributed by atoms with E-state index < -0.39 is 11.4 Å². The number of hydrogen-bond donors (Lipinski definition) is 1. The van der Waals surface area contributed by atoms with Crippen LogP contribution in [0, 0.1) is 15.7 Å². The third kappa shape index (κ3) is 1.47. The normalized spacial score (nSPS) is 27.8. The maximum atomic E-state index is 11.3. The fourth-order valence-corrected chi connectivity index (χ4v) is 1.97. The van der Waals surface area contributed by atoms with Crippen molar-refractivity contribution < 1.29 is 9.90 Å². The predicted octanol–water partition coefficient (Wildman–Crippen LogP) is 1.49. The van der Waals surface area contributed by atoms with E-state index in [-0.39, 0.29) is 12.0 Å². The van der Waals surface area contributed by atoms with Gasteiger partial charge in [0.15, 0.2) is 0 Å². The molecule has 0 amide bonds. The van der Waals surface area contributed by atoms with Crippen LogP contribution in [0.2, 0.25) is 0 Å². The molecule has 1 heterocycles. The van der Waals surface area contributed by atoms with Crippen LogP contribution in [-0.2, 0) is 4.79 Å². The van der Waals surface area contributed by atoms with Gasteiger partial charge in [-0.1, -0.05) is 20.8 Å². The standard InChI is InChI=1S/C9H16N2O3/c1-8(2,3)9(7(12)13)4-5-11(6-9)10-14/h4-6H2,1-3H3,(H,12,13). The van der Waals surface area contributed by atoms with Gasteiger partial charge in [0.25, 0.3) is 0 Å². The van der Waals surface area contributed by atoms with Crippen molar-refractivity contribution in [2.24, 2.45) is 16.1 Å². The molecule has 0 aromatic rings.